The molecule has 0 fully saturated rings. The molecular formula is C18H24N2O3S. The SMILES string of the molecule is COc1ccc(CCC(=O)Nc2nc(C(C)(C)C)cs2)cc1OC. The van der Waals surface area contributed by atoms with Crippen LogP contribution < -0.4 is 14.8 Å². The molecule has 0 spiro atoms. The number of hydrogen-bond acceptors (Lipinski definition) is 5. The van der Waals surface area contributed by atoms with Gasteiger partial charge >= 0.3 is 0 Å². The van der Waals surface area contributed by atoms with Crippen LogP contribution in [0.1, 0.15) is 38.4 Å². The molecule has 1 heterocycles. The van der Waals surface area contributed by atoms with Crippen molar-refractivity contribution in [2.75, 3.05) is 19.5 Å². The maximum absolute atomic E-state index is 12.1. The molecule has 0 bridgehead atoms. The summed E-state index contributed by atoms with van der Waals surface area (Å²) in [5.74, 6) is 1.31. The normalized spacial score (nSPS) is 11.2. The minimum Gasteiger partial charge on any atom is -0.493 e. The van der Waals surface area contributed by atoms with Gasteiger partial charge in [-0.3, -0.25) is 4.79 Å². The van der Waals surface area contributed by atoms with E-state index in [-0.39, 0.29) is 11.3 Å². The summed E-state index contributed by atoms with van der Waals surface area (Å²) in [6, 6.07) is 5.69. The van der Waals surface area contributed by atoms with E-state index < -0.39 is 0 Å². The average Bonchev–Trinajstić information content (AvgIpc) is 3.01. The van der Waals surface area contributed by atoms with Gasteiger partial charge in [0.25, 0.3) is 0 Å². The van der Waals surface area contributed by atoms with Crippen LogP contribution in [0, 0.1) is 0 Å². The highest BCUT2D eigenvalue weighted by Gasteiger charge is 2.18. The van der Waals surface area contributed by atoms with E-state index in [1.165, 1.54) is 11.3 Å². The molecule has 5 nitrogen and oxygen atoms in total. The second-order valence-corrected chi connectivity index (χ2v) is 7.38. The number of ether oxygens (including phenoxy) is 2. The number of methoxy groups -OCH3 is 2. The fraction of sp³-hybridized carbons (Fsp3) is 0.444. The van der Waals surface area contributed by atoms with Gasteiger partial charge in [-0.2, -0.15) is 0 Å². The van der Waals surface area contributed by atoms with Crippen LogP contribution in [-0.4, -0.2) is 25.1 Å². The Morgan fingerprint density at radius 2 is 1.92 bits per heavy atom. The zero-order valence-corrected chi connectivity index (χ0v) is 15.6. The standard InChI is InChI=1S/C18H24N2O3S/c1-18(2,3)15-11-24-17(19-15)20-16(21)9-7-12-6-8-13(22-4)14(10-12)23-5/h6,8,10-11H,7,9H2,1-5H3,(H,19,20,21). The summed E-state index contributed by atoms with van der Waals surface area (Å²) in [5, 5.41) is 5.51. The lowest BCUT2D eigenvalue weighted by molar-refractivity contribution is -0.116. The van der Waals surface area contributed by atoms with E-state index in [1.54, 1.807) is 14.2 Å². The van der Waals surface area contributed by atoms with Crippen molar-refractivity contribution < 1.29 is 14.3 Å². The largest absolute Gasteiger partial charge is 0.493 e. The van der Waals surface area contributed by atoms with Gasteiger partial charge in [0.1, 0.15) is 0 Å². The van der Waals surface area contributed by atoms with Gasteiger partial charge in [-0.25, -0.2) is 4.98 Å². The molecule has 0 aliphatic carbocycles. The van der Waals surface area contributed by atoms with Crippen molar-refractivity contribution in [1.29, 1.82) is 0 Å². The molecule has 0 atom stereocenters. The van der Waals surface area contributed by atoms with Gasteiger partial charge in [0.05, 0.1) is 19.9 Å². The average molecular weight is 348 g/mol. The first-order chi connectivity index (χ1) is 11.3. The van der Waals surface area contributed by atoms with Crippen LogP contribution in [0.2, 0.25) is 0 Å². The third kappa shape index (κ3) is 4.71. The number of rotatable bonds is 6. The number of nitrogens with zero attached hydrogens (tertiary/aromatic N) is 1. The number of aromatic nitrogens is 1. The number of benzene rings is 1. The van der Waals surface area contributed by atoms with E-state index in [9.17, 15) is 4.79 Å². The van der Waals surface area contributed by atoms with E-state index >= 15 is 0 Å². The van der Waals surface area contributed by atoms with E-state index in [0.717, 1.165) is 11.3 Å². The van der Waals surface area contributed by atoms with E-state index in [0.29, 0.717) is 29.5 Å². The molecule has 1 aromatic carbocycles. The van der Waals surface area contributed by atoms with Gasteiger partial charge < -0.3 is 14.8 Å². The van der Waals surface area contributed by atoms with Crippen molar-refractivity contribution in [3.05, 3.63) is 34.8 Å². The Labute approximate surface area is 147 Å². The Hall–Kier alpha value is -2.08. The molecule has 130 valence electrons. The molecule has 0 radical (unpaired) electrons. The van der Waals surface area contributed by atoms with Crippen molar-refractivity contribution in [2.45, 2.75) is 39.0 Å². The van der Waals surface area contributed by atoms with Crippen LogP contribution in [0.4, 0.5) is 5.13 Å². The number of anilines is 1. The summed E-state index contributed by atoms with van der Waals surface area (Å²) in [6.45, 7) is 6.31. The first-order valence-corrected chi connectivity index (χ1v) is 8.68. The van der Waals surface area contributed by atoms with Crippen LogP contribution in [0.3, 0.4) is 0 Å². The lowest BCUT2D eigenvalue weighted by atomic mass is 9.93. The predicted molar refractivity (Wildman–Crippen MR) is 97.3 cm³/mol. The lowest BCUT2D eigenvalue weighted by Crippen LogP contribution is -2.14. The van der Waals surface area contributed by atoms with Crippen LogP contribution >= 0.6 is 11.3 Å². The minimum absolute atomic E-state index is 0.0148. The highest BCUT2D eigenvalue weighted by molar-refractivity contribution is 7.13. The highest BCUT2D eigenvalue weighted by Crippen LogP contribution is 2.28. The minimum atomic E-state index is -0.0420. The number of carbonyl (C=O) groups excluding carboxylic acids is 1. The summed E-state index contributed by atoms with van der Waals surface area (Å²) < 4.78 is 10.5. The fourth-order valence-electron chi connectivity index (χ4n) is 2.15. The number of thiazole rings is 1. The van der Waals surface area contributed by atoms with Crippen molar-refractivity contribution in [3.63, 3.8) is 0 Å². The predicted octanol–water partition coefficient (Wildman–Crippen LogP) is 4.03. The molecule has 0 unspecified atom stereocenters. The van der Waals surface area contributed by atoms with Crippen LogP contribution in [0.5, 0.6) is 11.5 Å². The second-order valence-electron chi connectivity index (χ2n) is 6.53. The molecule has 24 heavy (non-hydrogen) atoms. The van der Waals surface area contributed by atoms with Gasteiger partial charge in [0, 0.05) is 17.2 Å². The molecule has 0 saturated heterocycles. The zero-order valence-electron chi connectivity index (χ0n) is 14.8. The number of aryl methyl sites for hydroxylation is 1. The van der Waals surface area contributed by atoms with Gasteiger partial charge in [0.2, 0.25) is 5.91 Å². The Bertz CT molecular complexity index is 705. The summed E-state index contributed by atoms with van der Waals surface area (Å²) >= 11 is 1.46. The molecule has 1 amide bonds. The third-order valence-corrected chi connectivity index (χ3v) is 4.37. The summed E-state index contributed by atoms with van der Waals surface area (Å²) in [6.07, 6.45) is 1.02. The number of hydrogen-bond donors (Lipinski definition) is 1. The van der Waals surface area contributed by atoms with Gasteiger partial charge in [-0.05, 0) is 24.1 Å². The molecule has 2 rings (SSSR count). The maximum Gasteiger partial charge on any atom is 0.226 e. The highest BCUT2D eigenvalue weighted by atomic mass is 32.1. The van der Waals surface area contributed by atoms with Crippen LogP contribution in [-0.2, 0) is 16.6 Å². The molecule has 6 heteroatoms. The summed E-state index contributed by atoms with van der Waals surface area (Å²) in [7, 11) is 3.20. The fourth-order valence-corrected chi connectivity index (χ4v) is 3.10. The number of amides is 1. The molecule has 1 aromatic heterocycles. The Kier molecular flexibility index (Phi) is 5.83. The second kappa shape index (κ2) is 7.66. The topological polar surface area (TPSA) is 60.5 Å². The Morgan fingerprint density at radius 3 is 2.50 bits per heavy atom. The van der Waals surface area contributed by atoms with Crippen molar-refractivity contribution in [3.8, 4) is 11.5 Å². The molecule has 2 aromatic rings. The first kappa shape index (κ1) is 18.3. The van der Waals surface area contributed by atoms with Crippen LogP contribution in [0.25, 0.3) is 0 Å². The zero-order chi connectivity index (χ0) is 17.7. The lowest BCUT2D eigenvalue weighted by Gasteiger charge is -2.14. The number of nitrogens with one attached hydrogen (secondary N) is 1. The molecule has 0 aliphatic heterocycles. The van der Waals surface area contributed by atoms with Gasteiger partial charge in [-0.1, -0.05) is 26.8 Å². The van der Waals surface area contributed by atoms with Crippen LogP contribution in [0.15, 0.2) is 23.6 Å². The van der Waals surface area contributed by atoms with Crippen molar-refractivity contribution in [2.24, 2.45) is 0 Å². The monoisotopic (exact) mass is 348 g/mol. The van der Waals surface area contributed by atoms with E-state index in [2.05, 4.69) is 31.1 Å². The maximum atomic E-state index is 12.1. The van der Waals surface area contributed by atoms with Crippen molar-refractivity contribution in [1.82, 2.24) is 4.98 Å². The summed E-state index contributed by atoms with van der Waals surface area (Å²) in [5.41, 5.74) is 2.00. The third-order valence-electron chi connectivity index (χ3n) is 3.61. The van der Waals surface area contributed by atoms with Gasteiger partial charge in [-0.15, -0.1) is 11.3 Å². The van der Waals surface area contributed by atoms with E-state index in [1.807, 2.05) is 23.6 Å². The quantitative estimate of drug-likeness (QED) is 0.856. The number of carbonyl (C=O) groups is 1. The molecule has 1 N–H and O–H groups in total. The molecular weight excluding hydrogens is 324 g/mol. The van der Waals surface area contributed by atoms with Crippen molar-refractivity contribution >= 4 is 22.4 Å². The smallest absolute Gasteiger partial charge is 0.226 e. The Morgan fingerprint density at radius 1 is 1.21 bits per heavy atom. The van der Waals surface area contributed by atoms with Gasteiger partial charge in [0.15, 0.2) is 16.6 Å². The Balaban J connectivity index is 1.92. The molecule has 0 saturated carbocycles. The summed E-state index contributed by atoms with van der Waals surface area (Å²) in [4.78, 5) is 16.6. The first-order valence-electron chi connectivity index (χ1n) is 7.80. The molecule has 0 aliphatic rings. The van der Waals surface area contributed by atoms with E-state index in [4.69, 9.17) is 9.47 Å².